The Kier molecular flexibility index (Phi) is 9.50. The quantitative estimate of drug-likeness (QED) is 0.147. The molecule has 0 aliphatic rings. The second kappa shape index (κ2) is 12.6. The number of aryl methyl sites for hydroxylation is 1. The molecule has 2 aromatic heterocycles. The van der Waals surface area contributed by atoms with E-state index in [-0.39, 0.29) is 11.7 Å². The number of nitrogens with one attached hydrogen (secondary N) is 1. The van der Waals surface area contributed by atoms with Crippen molar-refractivity contribution in [3.63, 3.8) is 0 Å². The van der Waals surface area contributed by atoms with E-state index in [1.807, 2.05) is 42.7 Å². The van der Waals surface area contributed by atoms with Crippen molar-refractivity contribution in [2.24, 2.45) is 0 Å². The van der Waals surface area contributed by atoms with E-state index in [9.17, 15) is 9.59 Å². The Labute approximate surface area is 213 Å². The molecule has 1 N–H and O–H groups in total. The summed E-state index contributed by atoms with van der Waals surface area (Å²) >= 11 is 2.63. The summed E-state index contributed by atoms with van der Waals surface area (Å²) in [5, 5.41) is 12.6. The van der Waals surface area contributed by atoms with Gasteiger partial charge >= 0.3 is 5.97 Å². The van der Waals surface area contributed by atoms with Crippen molar-refractivity contribution in [3.05, 3.63) is 52.9 Å². The highest BCUT2D eigenvalue weighted by Gasteiger charge is 2.22. The predicted molar refractivity (Wildman–Crippen MR) is 141 cm³/mol. The molecule has 0 spiro atoms. The lowest BCUT2D eigenvalue weighted by Crippen LogP contribution is -2.16. The second-order valence-corrected chi connectivity index (χ2v) is 9.91. The highest BCUT2D eigenvalue weighted by molar-refractivity contribution is 7.99. The zero-order valence-corrected chi connectivity index (χ0v) is 22.1. The molecule has 0 fully saturated rings. The normalized spacial score (nSPS) is 10.7. The summed E-state index contributed by atoms with van der Waals surface area (Å²) in [4.78, 5) is 25.8. The van der Waals surface area contributed by atoms with Gasteiger partial charge in [-0.3, -0.25) is 9.36 Å². The van der Waals surface area contributed by atoms with Gasteiger partial charge in [-0.1, -0.05) is 31.2 Å². The van der Waals surface area contributed by atoms with Crippen LogP contribution in [-0.2, 0) is 16.1 Å². The average Bonchev–Trinajstić information content (AvgIpc) is 3.38. The van der Waals surface area contributed by atoms with Crippen LogP contribution in [0.1, 0.15) is 40.6 Å². The van der Waals surface area contributed by atoms with Crippen molar-refractivity contribution in [1.82, 2.24) is 14.8 Å². The SMILES string of the molecule is C=CCn1c(SCC(=O)Nc2sc(C)c(C)c2C(=O)OC)nnc1-c1ccc(OCCCC)cc1. The topological polar surface area (TPSA) is 95.3 Å². The summed E-state index contributed by atoms with van der Waals surface area (Å²) < 4.78 is 12.5. The minimum Gasteiger partial charge on any atom is -0.494 e. The summed E-state index contributed by atoms with van der Waals surface area (Å²) in [7, 11) is 1.33. The van der Waals surface area contributed by atoms with Crippen LogP contribution in [-0.4, -0.2) is 46.1 Å². The molecule has 35 heavy (non-hydrogen) atoms. The largest absolute Gasteiger partial charge is 0.494 e. The number of unbranched alkanes of at least 4 members (excludes halogenated alkanes) is 1. The number of anilines is 1. The number of amides is 1. The van der Waals surface area contributed by atoms with Crippen LogP contribution in [0.15, 0.2) is 42.1 Å². The number of hydrogen-bond donors (Lipinski definition) is 1. The first kappa shape index (κ1) is 26.5. The molecule has 8 nitrogen and oxygen atoms in total. The zero-order valence-electron chi connectivity index (χ0n) is 20.4. The van der Waals surface area contributed by atoms with E-state index in [1.165, 1.54) is 30.2 Å². The van der Waals surface area contributed by atoms with E-state index in [1.54, 1.807) is 6.08 Å². The predicted octanol–water partition coefficient (Wildman–Crippen LogP) is 5.51. The summed E-state index contributed by atoms with van der Waals surface area (Å²) in [6, 6.07) is 7.73. The maximum Gasteiger partial charge on any atom is 0.341 e. The molecule has 3 aromatic rings. The molecule has 0 saturated heterocycles. The van der Waals surface area contributed by atoms with Crippen LogP contribution in [0.4, 0.5) is 5.00 Å². The molecule has 10 heteroatoms. The standard InChI is InChI=1S/C25H30N4O4S2/c1-6-8-14-33-19-11-9-18(10-12-19)22-27-28-25(29(22)13-7-2)34-15-20(30)26-23-21(24(31)32-5)16(3)17(4)35-23/h7,9-12H,2,6,8,13-15H2,1,3-5H3,(H,26,30). The Morgan fingerprint density at radius 2 is 1.97 bits per heavy atom. The van der Waals surface area contributed by atoms with Gasteiger partial charge in [0.25, 0.3) is 0 Å². The van der Waals surface area contributed by atoms with E-state index in [4.69, 9.17) is 9.47 Å². The number of hydrogen-bond acceptors (Lipinski definition) is 8. The fraction of sp³-hybridized carbons (Fsp3) is 0.360. The fourth-order valence-corrected chi connectivity index (χ4v) is 5.11. The van der Waals surface area contributed by atoms with Crippen molar-refractivity contribution in [2.45, 2.75) is 45.3 Å². The molecule has 0 saturated carbocycles. The molecule has 0 atom stereocenters. The number of methoxy groups -OCH3 is 1. The van der Waals surface area contributed by atoms with E-state index in [2.05, 4.69) is 29.0 Å². The Morgan fingerprint density at radius 1 is 1.23 bits per heavy atom. The van der Waals surface area contributed by atoms with Gasteiger partial charge in [-0.05, 0) is 50.1 Å². The summed E-state index contributed by atoms with van der Waals surface area (Å²) in [5.74, 6) is 0.895. The van der Waals surface area contributed by atoms with Gasteiger partial charge in [0.15, 0.2) is 11.0 Å². The van der Waals surface area contributed by atoms with Crippen LogP contribution in [0.25, 0.3) is 11.4 Å². The van der Waals surface area contributed by atoms with Gasteiger partial charge in [-0.2, -0.15) is 0 Å². The van der Waals surface area contributed by atoms with Gasteiger partial charge in [0.2, 0.25) is 5.91 Å². The summed E-state index contributed by atoms with van der Waals surface area (Å²) in [6.07, 6.45) is 3.86. The first-order chi connectivity index (χ1) is 16.9. The number of allylic oxidation sites excluding steroid dienone is 1. The van der Waals surface area contributed by atoms with Crippen molar-refractivity contribution < 1.29 is 19.1 Å². The van der Waals surface area contributed by atoms with Gasteiger partial charge in [0.05, 0.1) is 25.0 Å². The van der Waals surface area contributed by atoms with E-state index in [0.29, 0.717) is 34.7 Å². The highest BCUT2D eigenvalue weighted by Crippen LogP contribution is 2.33. The smallest absolute Gasteiger partial charge is 0.341 e. The maximum atomic E-state index is 12.7. The van der Waals surface area contributed by atoms with Gasteiger partial charge in [-0.25, -0.2) is 4.79 Å². The van der Waals surface area contributed by atoms with E-state index >= 15 is 0 Å². The Hall–Kier alpha value is -3.11. The summed E-state index contributed by atoms with van der Waals surface area (Å²) in [5.41, 5.74) is 2.10. The lowest BCUT2D eigenvalue weighted by atomic mass is 10.1. The van der Waals surface area contributed by atoms with Crippen LogP contribution in [0.3, 0.4) is 0 Å². The lowest BCUT2D eigenvalue weighted by Gasteiger charge is -2.09. The maximum absolute atomic E-state index is 12.7. The number of aromatic nitrogens is 3. The monoisotopic (exact) mass is 514 g/mol. The third-order valence-corrected chi connectivity index (χ3v) is 7.36. The minimum absolute atomic E-state index is 0.107. The number of benzene rings is 1. The molecule has 1 amide bonds. The first-order valence-electron chi connectivity index (χ1n) is 11.3. The van der Waals surface area contributed by atoms with Crippen molar-refractivity contribution in [1.29, 1.82) is 0 Å². The Balaban J connectivity index is 1.71. The van der Waals surface area contributed by atoms with Crippen LogP contribution < -0.4 is 10.1 Å². The number of rotatable bonds is 12. The molecule has 3 rings (SSSR count). The minimum atomic E-state index is -0.466. The Morgan fingerprint density at radius 3 is 2.63 bits per heavy atom. The van der Waals surface area contributed by atoms with E-state index < -0.39 is 5.97 Å². The summed E-state index contributed by atoms with van der Waals surface area (Å²) in [6.45, 7) is 10.9. The second-order valence-electron chi connectivity index (χ2n) is 7.75. The third-order valence-electron chi connectivity index (χ3n) is 5.27. The number of carbonyl (C=O) groups excluding carboxylic acids is 2. The first-order valence-corrected chi connectivity index (χ1v) is 13.1. The van der Waals surface area contributed by atoms with Gasteiger partial charge in [0, 0.05) is 17.0 Å². The Bertz CT molecular complexity index is 1190. The van der Waals surface area contributed by atoms with Gasteiger partial charge < -0.3 is 14.8 Å². The molecule has 0 unspecified atom stereocenters. The molecule has 2 heterocycles. The van der Waals surface area contributed by atoms with Gasteiger partial charge in [-0.15, -0.1) is 28.1 Å². The number of ether oxygens (including phenoxy) is 2. The zero-order chi connectivity index (χ0) is 25.4. The van der Waals surface area contributed by atoms with E-state index in [0.717, 1.165) is 34.6 Å². The highest BCUT2D eigenvalue weighted by atomic mass is 32.2. The number of thiophene rings is 1. The van der Waals surface area contributed by atoms with Crippen LogP contribution in [0.2, 0.25) is 0 Å². The van der Waals surface area contributed by atoms with Gasteiger partial charge in [0.1, 0.15) is 10.8 Å². The molecule has 0 bridgehead atoms. The molecular weight excluding hydrogens is 484 g/mol. The van der Waals surface area contributed by atoms with Crippen molar-refractivity contribution in [2.75, 3.05) is 24.8 Å². The van der Waals surface area contributed by atoms with Crippen LogP contribution in [0.5, 0.6) is 5.75 Å². The van der Waals surface area contributed by atoms with Crippen LogP contribution >= 0.6 is 23.1 Å². The molecule has 186 valence electrons. The molecule has 0 aliphatic heterocycles. The number of carbonyl (C=O) groups is 2. The van der Waals surface area contributed by atoms with Crippen molar-refractivity contribution >= 4 is 40.0 Å². The number of esters is 1. The molecule has 0 aliphatic carbocycles. The number of nitrogens with zero attached hydrogens (tertiary/aromatic N) is 3. The number of thioether (sulfide) groups is 1. The molecule has 0 radical (unpaired) electrons. The molecular formula is C25H30N4O4S2. The average molecular weight is 515 g/mol. The van der Waals surface area contributed by atoms with Crippen molar-refractivity contribution in [3.8, 4) is 17.1 Å². The molecule has 1 aromatic carbocycles. The fourth-order valence-electron chi connectivity index (χ4n) is 3.29. The lowest BCUT2D eigenvalue weighted by molar-refractivity contribution is -0.113. The third kappa shape index (κ3) is 6.52. The van der Waals surface area contributed by atoms with Crippen LogP contribution in [0, 0.1) is 13.8 Å².